The molecule has 0 bridgehead atoms. The number of hydrogen-bond acceptors (Lipinski definition) is 10. The van der Waals surface area contributed by atoms with Crippen molar-refractivity contribution >= 4 is 69.6 Å². The Balaban J connectivity index is 1.25. The highest BCUT2D eigenvalue weighted by Gasteiger charge is 2.34. The van der Waals surface area contributed by atoms with Crippen LogP contribution in [0.2, 0.25) is 0 Å². The molecule has 14 heteroatoms. The van der Waals surface area contributed by atoms with Gasteiger partial charge in [-0.1, -0.05) is 66.7 Å². The van der Waals surface area contributed by atoms with Crippen LogP contribution in [0.15, 0.2) is 120 Å². The zero-order valence-electron chi connectivity index (χ0n) is 34.6. The maximum absolute atomic E-state index is 14.4. The van der Waals surface area contributed by atoms with Gasteiger partial charge in [0.05, 0.1) is 25.3 Å². The van der Waals surface area contributed by atoms with Crippen molar-refractivity contribution in [2.24, 2.45) is 0 Å². The molecule has 0 aliphatic carbocycles. The minimum Gasteiger partial charge on any atom is -0.494 e. The number of benzene rings is 4. The fourth-order valence-electron chi connectivity index (χ4n) is 6.39. The molecule has 0 saturated carbocycles. The van der Waals surface area contributed by atoms with E-state index >= 15 is 0 Å². The van der Waals surface area contributed by atoms with Crippen molar-refractivity contribution in [3.8, 4) is 5.75 Å². The minimum atomic E-state index is -0.792. The van der Waals surface area contributed by atoms with Crippen LogP contribution >= 0.6 is 23.1 Å². The lowest BCUT2D eigenvalue weighted by molar-refractivity contribution is -0.116. The Labute approximate surface area is 363 Å². The van der Waals surface area contributed by atoms with Gasteiger partial charge in [-0.25, -0.2) is 9.59 Å². The molecule has 0 radical (unpaired) electrons. The molecule has 61 heavy (non-hydrogen) atoms. The van der Waals surface area contributed by atoms with Crippen LogP contribution in [0.4, 0.5) is 15.5 Å². The second kappa shape index (κ2) is 20.3. The summed E-state index contributed by atoms with van der Waals surface area (Å²) in [6, 6.07) is 32.0. The van der Waals surface area contributed by atoms with Gasteiger partial charge >= 0.3 is 12.1 Å². The van der Waals surface area contributed by atoms with Gasteiger partial charge in [-0.2, -0.15) is 0 Å². The van der Waals surface area contributed by atoms with E-state index in [9.17, 15) is 24.0 Å². The number of anilines is 2. The lowest BCUT2D eigenvalue weighted by atomic mass is 10.0. The highest BCUT2D eigenvalue weighted by Crippen LogP contribution is 2.41. The minimum absolute atomic E-state index is 0.0165. The molecule has 0 spiro atoms. The molecule has 6 rings (SSSR count). The summed E-state index contributed by atoms with van der Waals surface area (Å²) in [6.45, 7) is 10.2. The smallest absolute Gasteiger partial charge is 0.410 e. The van der Waals surface area contributed by atoms with Crippen LogP contribution in [0.25, 0.3) is 6.08 Å². The molecule has 0 fully saturated rings. The Kier molecular flexibility index (Phi) is 14.7. The Morgan fingerprint density at radius 2 is 1.56 bits per heavy atom. The van der Waals surface area contributed by atoms with Crippen molar-refractivity contribution in [1.82, 2.24) is 10.2 Å². The third-order valence-corrected chi connectivity index (χ3v) is 11.5. The zero-order valence-corrected chi connectivity index (χ0v) is 36.2. The molecular weight excluding hydrogens is 813 g/mol. The normalized spacial score (nSPS) is 13.0. The predicted octanol–water partition coefficient (Wildman–Crippen LogP) is 9.50. The predicted molar refractivity (Wildman–Crippen MR) is 239 cm³/mol. The third-order valence-electron chi connectivity index (χ3n) is 9.14. The summed E-state index contributed by atoms with van der Waals surface area (Å²) in [5, 5.41) is 8.26. The maximum Gasteiger partial charge on any atom is 0.410 e. The van der Waals surface area contributed by atoms with Crippen LogP contribution in [0.1, 0.15) is 82.2 Å². The molecule has 5 aromatic rings. The van der Waals surface area contributed by atoms with Crippen LogP contribution in [0, 0.1) is 0 Å². The average molecular weight is 861 g/mol. The molecule has 1 aromatic heterocycles. The van der Waals surface area contributed by atoms with Gasteiger partial charge in [0.1, 0.15) is 27.3 Å². The lowest BCUT2D eigenvalue weighted by Crippen LogP contribution is -2.39. The summed E-state index contributed by atoms with van der Waals surface area (Å²) in [6.07, 6.45) is 1.52. The summed E-state index contributed by atoms with van der Waals surface area (Å²) in [7, 11) is 0. The van der Waals surface area contributed by atoms with Crippen LogP contribution in [-0.2, 0) is 32.0 Å². The van der Waals surface area contributed by atoms with E-state index in [0.29, 0.717) is 57.6 Å². The van der Waals surface area contributed by atoms with Crippen LogP contribution in [0.3, 0.4) is 0 Å². The van der Waals surface area contributed by atoms with Crippen molar-refractivity contribution in [2.75, 3.05) is 30.4 Å². The molecule has 4 amide bonds. The standard InChI is InChI=1S/C47H48N4O8S2/c1-6-57-34-23-21-30(22-24-34)27-37(49-41(52)32-17-12-9-13-18-32)42(53)48-33-19-14-20-35(28-33)60-40(31-15-10-8-11-16-31)43(54)50-44-39(45(55)58-7-2)36-25-26-51(29-38(36)61-44)46(56)59-47(3,4)5/h8-24,27-28,40H,6-7,25-26,29H2,1-5H3,(H,48,53)(H,49,52)(H,50,54)/b37-27+. The number of fused-ring (bicyclic) bond motifs is 1. The number of thioether (sulfide) groups is 1. The van der Waals surface area contributed by atoms with Gasteiger partial charge in [0.25, 0.3) is 11.8 Å². The van der Waals surface area contributed by atoms with Crippen molar-refractivity contribution in [3.05, 3.63) is 148 Å². The van der Waals surface area contributed by atoms with Gasteiger partial charge in [0.2, 0.25) is 5.91 Å². The van der Waals surface area contributed by atoms with E-state index in [-0.39, 0.29) is 30.3 Å². The largest absolute Gasteiger partial charge is 0.494 e. The van der Waals surface area contributed by atoms with Gasteiger partial charge in [0, 0.05) is 27.6 Å². The van der Waals surface area contributed by atoms with Crippen molar-refractivity contribution in [2.45, 2.75) is 63.3 Å². The molecule has 1 aliphatic heterocycles. The second-order valence-corrected chi connectivity index (χ2v) is 17.1. The Morgan fingerprint density at radius 1 is 0.852 bits per heavy atom. The number of rotatable bonds is 14. The molecule has 3 N–H and O–H groups in total. The van der Waals surface area contributed by atoms with Gasteiger partial charge in [-0.05, 0) is 106 Å². The molecule has 4 aromatic carbocycles. The van der Waals surface area contributed by atoms with E-state index < -0.39 is 34.7 Å². The first-order valence-electron chi connectivity index (χ1n) is 19.9. The van der Waals surface area contributed by atoms with Gasteiger partial charge in [0.15, 0.2) is 0 Å². The fraction of sp³-hybridized carbons (Fsp3) is 0.255. The number of nitrogens with zero attached hydrogens (tertiary/aromatic N) is 1. The first kappa shape index (κ1) is 44.2. The first-order valence-corrected chi connectivity index (χ1v) is 21.6. The Morgan fingerprint density at radius 3 is 2.23 bits per heavy atom. The number of thiophene rings is 1. The quantitative estimate of drug-likeness (QED) is 0.0563. The number of esters is 1. The van der Waals surface area contributed by atoms with Crippen molar-refractivity contribution < 1.29 is 38.2 Å². The molecule has 12 nitrogen and oxygen atoms in total. The molecule has 316 valence electrons. The monoisotopic (exact) mass is 860 g/mol. The highest BCUT2D eigenvalue weighted by atomic mass is 32.2. The average Bonchev–Trinajstić information content (AvgIpc) is 3.60. The summed E-state index contributed by atoms with van der Waals surface area (Å²) >= 11 is 2.50. The summed E-state index contributed by atoms with van der Waals surface area (Å²) in [4.78, 5) is 70.9. The van der Waals surface area contributed by atoms with E-state index in [1.807, 2.05) is 43.3 Å². The van der Waals surface area contributed by atoms with Gasteiger partial charge in [-0.3, -0.25) is 14.4 Å². The molecule has 1 unspecified atom stereocenters. The summed E-state index contributed by atoms with van der Waals surface area (Å²) in [5.74, 6) is -1.27. The maximum atomic E-state index is 14.4. The van der Waals surface area contributed by atoms with E-state index in [1.165, 1.54) is 23.1 Å². The van der Waals surface area contributed by atoms with Crippen LogP contribution in [-0.4, -0.2) is 60.0 Å². The fourth-order valence-corrected chi connectivity index (χ4v) is 8.73. The van der Waals surface area contributed by atoms with Gasteiger partial charge < -0.3 is 35.1 Å². The molecule has 2 heterocycles. The number of amides is 4. The van der Waals surface area contributed by atoms with E-state index in [2.05, 4.69) is 16.0 Å². The Bertz CT molecular complexity index is 2390. The summed E-state index contributed by atoms with van der Waals surface area (Å²) < 4.78 is 16.6. The Hall–Kier alpha value is -6.38. The second-order valence-electron chi connectivity index (χ2n) is 14.8. The zero-order chi connectivity index (χ0) is 43.5. The molecular formula is C47H48N4O8S2. The first-order chi connectivity index (χ1) is 29.3. The molecule has 0 saturated heterocycles. The summed E-state index contributed by atoms with van der Waals surface area (Å²) in [5.41, 5.74) is 2.56. The third kappa shape index (κ3) is 11.9. The van der Waals surface area contributed by atoms with Crippen LogP contribution in [0.5, 0.6) is 5.75 Å². The molecule has 1 atom stereocenters. The molecule has 1 aliphatic rings. The number of hydrogen-bond donors (Lipinski definition) is 3. The van der Waals surface area contributed by atoms with E-state index in [0.717, 1.165) is 10.4 Å². The van der Waals surface area contributed by atoms with Crippen LogP contribution < -0.4 is 20.7 Å². The number of ether oxygens (including phenoxy) is 3. The number of carbonyl (C=O) groups is 5. The highest BCUT2D eigenvalue weighted by molar-refractivity contribution is 8.00. The number of nitrogens with one attached hydrogen (secondary N) is 3. The van der Waals surface area contributed by atoms with Crippen molar-refractivity contribution in [3.63, 3.8) is 0 Å². The van der Waals surface area contributed by atoms with E-state index in [4.69, 9.17) is 14.2 Å². The lowest BCUT2D eigenvalue weighted by Gasteiger charge is -2.30. The number of carbonyl (C=O) groups excluding carboxylic acids is 5. The SMILES string of the molecule is CCOC(=O)c1c(NC(=O)C(Sc2cccc(NC(=O)/C(=C\c3ccc(OCC)cc3)NC(=O)c3ccccc3)c2)c2ccccc2)sc2c1CCN(C(=O)OC(C)(C)C)C2. The van der Waals surface area contributed by atoms with Gasteiger partial charge in [-0.15, -0.1) is 23.1 Å². The topological polar surface area (TPSA) is 152 Å². The van der Waals surface area contributed by atoms with E-state index in [1.54, 1.807) is 111 Å². The van der Waals surface area contributed by atoms with Crippen molar-refractivity contribution in [1.29, 1.82) is 0 Å².